The molecule has 10 heteroatoms. The second-order valence-corrected chi connectivity index (χ2v) is 6.62. The molecule has 0 aliphatic rings. The molecule has 0 radical (unpaired) electrons. The fourth-order valence-electron chi connectivity index (χ4n) is 1.85. The monoisotopic (exact) mass is 341 g/mol. The zero-order chi connectivity index (χ0) is 16.9. The van der Waals surface area contributed by atoms with Crippen LogP contribution in [0.4, 0.5) is 10.2 Å². The summed E-state index contributed by atoms with van der Waals surface area (Å²) in [6, 6.07) is 6.35. The number of benzene rings is 1. The van der Waals surface area contributed by atoms with Crippen molar-refractivity contribution in [3.63, 3.8) is 0 Å². The first-order valence-corrected chi connectivity index (χ1v) is 8.60. The van der Waals surface area contributed by atoms with Gasteiger partial charge in [-0.1, -0.05) is 23.4 Å². The Bertz CT molecular complexity index is 790. The van der Waals surface area contributed by atoms with Crippen LogP contribution in [0.1, 0.15) is 5.56 Å². The summed E-state index contributed by atoms with van der Waals surface area (Å²) in [5.74, 6) is -0.613. The second kappa shape index (κ2) is 7.18. The number of carbonyl (C=O) groups is 1. The largest absolute Gasteiger partial charge is 0.354 e. The highest BCUT2D eigenvalue weighted by Crippen LogP contribution is 2.06. The molecule has 23 heavy (non-hydrogen) atoms. The standard InChI is InChI=1S/C13H16FN5O3S/c1-23(21,22)17-12-8-19(18-16-12)9-13(20)15-7-6-10-4-2-3-5-11(10)14/h2-5,8,17H,6-7,9H2,1H3,(H,15,20). The van der Waals surface area contributed by atoms with Crippen molar-refractivity contribution in [1.29, 1.82) is 0 Å². The maximum absolute atomic E-state index is 13.4. The normalized spacial score (nSPS) is 11.2. The van der Waals surface area contributed by atoms with Crippen LogP contribution < -0.4 is 10.0 Å². The van der Waals surface area contributed by atoms with Crippen LogP contribution in [0.15, 0.2) is 30.5 Å². The van der Waals surface area contributed by atoms with E-state index >= 15 is 0 Å². The minimum Gasteiger partial charge on any atom is -0.354 e. The van der Waals surface area contributed by atoms with Gasteiger partial charge in [-0.2, -0.15) is 0 Å². The van der Waals surface area contributed by atoms with Gasteiger partial charge in [0.2, 0.25) is 15.9 Å². The number of halogens is 1. The molecular weight excluding hydrogens is 325 g/mol. The van der Waals surface area contributed by atoms with Gasteiger partial charge in [0.05, 0.1) is 12.5 Å². The van der Waals surface area contributed by atoms with Crippen molar-refractivity contribution in [3.8, 4) is 0 Å². The Kier molecular flexibility index (Phi) is 5.27. The second-order valence-electron chi connectivity index (χ2n) is 4.87. The third kappa shape index (κ3) is 5.66. The Labute approximate surface area is 132 Å². The van der Waals surface area contributed by atoms with Crippen LogP contribution in [-0.4, -0.2) is 42.1 Å². The minimum absolute atomic E-state index is 0.0339. The van der Waals surface area contributed by atoms with E-state index in [1.807, 2.05) is 0 Å². The lowest BCUT2D eigenvalue weighted by Gasteiger charge is -2.06. The quantitative estimate of drug-likeness (QED) is 0.745. The van der Waals surface area contributed by atoms with Crippen molar-refractivity contribution >= 4 is 21.7 Å². The predicted molar refractivity (Wildman–Crippen MR) is 81.6 cm³/mol. The number of sulfonamides is 1. The summed E-state index contributed by atoms with van der Waals surface area (Å²) in [5.41, 5.74) is 0.521. The van der Waals surface area contributed by atoms with E-state index in [1.165, 1.54) is 16.9 Å². The van der Waals surface area contributed by atoms with Gasteiger partial charge in [0, 0.05) is 6.54 Å². The number of hydrogen-bond donors (Lipinski definition) is 2. The van der Waals surface area contributed by atoms with Crippen LogP contribution in [0.5, 0.6) is 0 Å². The predicted octanol–water partition coefficient (Wildman–Crippen LogP) is 0.148. The van der Waals surface area contributed by atoms with E-state index in [2.05, 4.69) is 20.4 Å². The number of amides is 1. The van der Waals surface area contributed by atoms with E-state index < -0.39 is 10.0 Å². The fraction of sp³-hybridized carbons (Fsp3) is 0.308. The smallest absolute Gasteiger partial charge is 0.241 e. The Hall–Kier alpha value is -2.49. The fourth-order valence-corrected chi connectivity index (χ4v) is 2.33. The summed E-state index contributed by atoms with van der Waals surface area (Å²) in [6.07, 6.45) is 2.66. The first kappa shape index (κ1) is 16.9. The van der Waals surface area contributed by atoms with E-state index in [0.29, 0.717) is 12.0 Å². The molecule has 1 amide bonds. The molecular formula is C13H16FN5O3S. The first-order valence-electron chi connectivity index (χ1n) is 6.71. The molecule has 0 unspecified atom stereocenters. The molecule has 1 aromatic heterocycles. The molecule has 0 saturated heterocycles. The number of carbonyl (C=O) groups excluding carboxylic acids is 1. The molecule has 1 aromatic carbocycles. The molecule has 1 heterocycles. The summed E-state index contributed by atoms with van der Waals surface area (Å²) in [7, 11) is -3.44. The van der Waals surface area contributed by atoms with Gasteiger partial charge in [-0.25, -0.2) is 17.5 Å². The van der Waals surface area contributed by atoms with Crippen molar-refractivity contribution in [3.05, 3.63) is 41.8 Å². The molecule has 2 rings (SSSR count). The molecule has 0 atom stereocenters. The third-order valence-corrected chi connectivity index (χ3v) is 3.39. The zero-order valence-electron chi connectivity index (χ0n) is 12.4. The van der Waals surface area contributed by atoms with E-state index in [4.69, 9.17) is 0 Å². The molecule has 0 aliphatic carbocycles. The Morgan fingerprint density at radius 3 is 2.78 bits per heavy atom. The van der Waals surface area contributed by atoms with Gasteiger partial charge in [0.1, 0.15) is 12.4 Å². The maximum atomic E-state index is 13.4. The van der Waals surface area contributed by atoms with Crippen LogP contribution in [0.25, 0.3) is 0 Å². The number of rotatable bonds is 7. The maximum Gasteiger partial charge on any atom is 0.241 e. The van der Waals surface area contributed by atoms with E-state index in [0.717, 1.165) is 6.26 Å². The van der Waals surface area contributed by atoms with Gasteiger partial charge in [0.25, 0.3) is 0 Å². The lowest BCUT2D eigenvalue weighted by Crippen LogP contribution is -2.29. The Morgan fingerprint density at radius 1 is 1.35 bits per heavy atom. The molecule has 0 bridgehead atoms. The van der Waals surface area contributed by atoms with Crippen molar-refractivity contribution in [2.24, 2.45) is 0 Å². The first-order chi connectivity index (χ1) is 10.8. The van der Waals surface area contributed by atoms with Crippen LogP contribution in [0, 0.1) is 5.82 Å². The van der Waals surface area contributed by atoms with Gasteiger partial charge >= 0.3 is 0 Å². The molecule has 0 saturated carbocycles. The number of hydrogen-bond acceptors (Lipinski definition) is 5. The van der Waals surface area contributed by atoms with Crippen molar-refractivity contribution in [2.75, 3.05) is 17.5 Å². The summed E-state index contributed by atoms with van der Waals surface area (Å²) >= 11 is 0. The summed E-state index contributed by atoms with van der Waals surface area (Å²) < 4.78 is 38.8. The molecule has 0 aliphatic heterocycles. The molecule has 8 nitrogen and oxygen atoms in total. The molecule has 2 aromatic rings. The minimum atomic E-state index is -3.44. The average Bonchev–Trinajstić information content (AvgIpc) is 2.85. The Morgan fingerprint density at radius 2 is 2.09 bits per heavy atom. The lowest BCUT2D eigenvalue weighted by molar-refractivity contribution is -0.121. The van der Waals surface area contributed by atoms with Crippen molar-refractivity contribution < 1.29 is 17.6 Å². The van der Waals surface area contributed by atoms with Gasteiger partial charge in [-0.3, -0.25) is 9.52 Å². The van der Waals surface area contributed by atoms with Crippen LogP contribution in [0.3, 0.4) is 0 Å². The Balaban J connectivity index is 1.80. The highest BCUT2D eigenvalue weighted by molar-refractivity contribution is 7.92. The lowest BCUT2D eigenvalue weighted by atomic mass is 10.1. The van der Waals surface area contributed by atoms with Crippen molar-refractivity contribution in [1.82, 2.24) is 20.3 Å². The molecule has 0 spiro atoms. The molecule has 2 N–H and O–H groups in total. The average molecular weight is 341 g/mol. The zero-order valence-corrected chi connectivity index (χ0v) is 13.2. The molecule has 0 fully saturated rings. The van der Waals surface area contributed by atoms with E-state index in [-0.39, 0.29) is 30.6 Å². The van der Waals surface area contributed by atoms with Crippen LogP contribution in [0.2, 0.25) is 0 Å². The number of nitrogens with one attached hydrogen (secondary N) is 2. The third-order valence-electron chi connectivity index (χ3n) is 2.81. The van der Waals surface area contributed by atoms with Crippen LogP contribution >= 0.6 is 0 Å². The SMILES string of the molecule is CS(=O)(=O)Nc1cn(CC(=O)NCCc2ccccc2F)nn1. The van der Waals surface area contributed by atoms with Crippen molar-refractivity contribution in [2.45, 2.75) is 13.0 Å². The van der Waals surface area contributed by atoms with Gasteiger partial charge in [-0.05, 0) is 18.1 Å². The summed E-state index contributed by atoms with van der Waals surface area (Å²) in [5, 5.41) is 9.86. The highest BCUT2D eigenvalue weighted by atomic mass is 32.2. The summed E-state index contributed by atoms with van der Waals surface area (Å²) in [4.78, 5) is 11.7. The highest BCUT2D eigenvalue weighted by Gasteiger charge is 2.09. The van der Waals surface area contributed by atoms with Gasteiger partial charge < -0.3 is 5.32 Å². The van der Waals surface area contributed by atoms with E-state index in [1.54, 1.807) is 18.2 Å². The van der Waals surface area contributed by atoms with Gasteiger partial charge in [-0.15, -0.1) is 5.10 Å². The number of anilines is 1. The number of nitrogens with zero attached hydrogens (tertiary/aromatic N) is 3. The summed E-state index contributed by atoms with van der Waals surface area (Å²) in [6.45, 7) is 0.165. The van der Waals surface area contributed by atoms with E-state index in [9.17, 15) is 17.6 Å². The topological polar surface area (TPSA) is 106 Å². The molecule has 124 valence electrons. The number of aromatic nitrogens is 3. The van der Waals surface area contributed by atoms with Crippen LogP contribution in [-0.2, 0) is 27.8 Å². The van der Waals surface area contributed by atoms with Gasteiger partial charge in [0.15, 0.2) is 5.82 Å².